The molecule has 0 unspecified atom stereocenters. The summed E-state index contributed by atoms with van der Waals surface area (Å²) in [7, 11) is -7.13. The Morgan fingerprint density at radius 3 is 2.29 bits per heavy atom. The Balaban J connectivity index is 1.65. The number of hydroxylamine groups is 1. The summed E-state index contributed by atoms with van der Waals surface area (Å²) < 4.78 is 48.5. The van der Waals surface area contributed by atoms with Gasteiger partial charge >= 0.3 is 6.03 Å². The van der Waals surface area contributed by atoms with Gasteiger partial charge in [-0.1, -0.05) is 24.0 Å². The first-order valence-corrected chi connectivity index (χ1v) is 14.2. The van der Waals surface area contributed by atoms with Gasteiger partial charge in [-0.2, -0.15) is 0 Å². The van der Waals surface area contributed by atoms with Gasteiger partial charge in [0.15, 0.2) is 14.6 Å². The van der Waals surface area contributed by atoms with Crippen LogP contribution < -0.4 is 10.2 Å². The zero-order valence-corrected chi connectivity index (χ0v) is 21.0. The minimum atomic E-state index is -3.86. The SMILES string of the molecule is C[C@@](CCN1Cc2cc(C#Cc3ccc(CNS(C)(=O)=O)cc3)cn2C1=O)(C(=O)NO)S(C)(=O)=O. The Bertz CT molecular complexity index is 1420. The second-order valence-electron chi connectivity index (χ2n) is 8.53. The smallest absolute Gasteiger partial charge is 0.318 e. The molecule has 1 aliphatic rings. The van der Waals surface area contributed by atoms with E-state index in [1.807, 2.05) is 0 Å². The Morgan fingerprint density at radius 2 is 1.74 bits per heavy atom. The van der Waals surface area contributed by atoms with Crippen molar-refractivity contribution in [3.63, 3.8) is 0 Å². The van der Waals surface area contributed by atoms with Crippen molar-refractivity contribution < 1.29 is 31.6 Å². The van der Waals surface area contributed by atoms with E-state index in [0.29, 0.717) is 11.3 Å². The number of fused-ring (bicyclic) bond motifs is 1. The Kier molecular flexibility index (Phi) is 7.42. The predicted molar refractivity (Wildman–Crippen MR) is 128 cm³/mol. The van der Waals surface area contributed by atoms with Crippen LogP contribution in [0.5, 0.6) is 0 Å². The summed E-state index contributed by atoms with van der Waals surface area (Å²) >= 11 is 0. The second kappa shape index (κ2) is 9.82. The van der Waals surface area contributed by atoms with Crippen molar-refractivity contribution in [3.8, 4) is 11.8 Å². The van der Waals surface area contributed by atoms with Gasteiger partial charge in [0.1, 0.15) is 0 Å². The summed E-state index contributed by atoms with van der Waals surface area (Å²) in [5, 5.41) is 8.93. The molecule has 1 atom stereocenters. The normalized spacial score (nSPS) is 15.2. The number of rotatable bonds is 8. The number of nitrogens with one attached hydrogen (secondary N) is 2. The average Bonchev–Trinajstić information content (AvgIpc) is 3.31. The maximum atomic E-state index is 12.8. The van der Waals surface area contributed by atoms with Gasteiger partial charge in [0, 0.05) is 42.4 Å². The van der Waals surface area contributed by atoms with Crippen molar-refractivity contribution in [1.82, 2.24) is 19.7 Å². The Hall–Kier alpha value is -3.18. The number of carbonyl (C=O) groups is 2. The van der Waals surface area contributed by atoms with Gasteiger partial charge in [-0.25, -0.2) is 31.8 Å². The van der Waals surface area contributed by atoms with Crippen LogP contribution in [-0.4, -0.2) is 67.3 Å². The summed E-state index contributed by atoms with van der Waals surface area (Å²) in [5.41, 5.74) is 4.20. The molecular formula is C22H26N4O7S2. The molecule has 0 aliphatic carbocycles. The van der Waals surface area contributed by atoms with Crippen LogP contribution in [0.2, 0.25) is 0 Å². The third-order valence-electron chi connectivity index (χ3n) is 5.83. The van der Waals surface area contributed by atoms with Gasteiger partial charge in [-0.15, -0.1) is 0 Å². The van der Waals surface area contributed by atoms with Crippen molar-refractivity contribution in [1.29, 1.82) is 0 Å². The molecule has 13 heteroatoms. The van der Waals surface area contributed by atoms with Crippen molar-refractivity contribution in [3.05, 3.63) is 58.9 Å². The average molecular weight is 523 g/mol. The summed E-state index contributed by atoms with van der Waals surface area (Å²) in [6.45, 7) is 1.62. The molecule has 3 N–H and O–H groups in total. The van der Waals surface area contributed by atoms with Crippen molar-refractivity contribution in [2.45, 2.75) is 31.2 Å². The monoisotopic (exact) mass is 522 g/mol. The fourth-order valence-electron chi connectivity index (χ4n) is 3.47. The van der Waals surface area contributed by atoms with E-state index < -0.39 is 30.5 Å². The first-order valence-electron chi connectivity index (χ1n) is 10.4. The molecule has 0 fully saturated rings. The summed E-state index contributed by atoms with van der Waals surface area (Å²) in [6, 6.07) is 8.46. The fraction of sp³-hybridized carbons (Fsp3) is 0.364. The van der Waals surface area contributed by atoms with Crippen molar-refractivity contribution in [2.24, 2.45) is 0 Å². The zero-order valence-electron chi connectivity index (χ0n) is 19.4. The maximum Gasteiger partial charge on any atom is 0.328 e. The number of carbonyl (C=O) groups excluding carboxylic acids is 2. The van der Waals surface area contributed by atoms with E-state index in [-0.39, 0.29) is 32.1 Å². The Morgan fingerprint density at radius 1 is 1.11 bits per heavy atom. The summed E-state index contributed by atoms with van der Waals surface area (Å²) in [4.78, 5) is 26.1. The highest BCUT2D eigenvalue weighted by atomic mass is 32.2. The highest BCUT2D eigenvalue weighted by Crippen LogP contribution is 2.25. The third-order valence-corrected chi connectivity index (χ3v) is 8.53. The maximum absolute atomic E-state index is 12.8. The van der Waals surface area contributed by atoms with Crippen LogP contribution in [0.1, 0.15) is 35.7 Å². The molecule has 35 heavy (non-hydrogen) atoms. The molecule has 0 saturated heterocycles. The summed E-state index contributed by atoms with van der Waals surface area (Å²) in [5.74, 6) is 4.93. The van der Waals surface area contributed by atoms with Crippen LogP contribution in [0.3, 0.4) is 0 Å². The Labute approximate surface area is 204 Å². The quantitative estimate of drug-likeness (QED) is 0.258. The number of aromatic nitrogens is 1. The zero-order chi connectivity index (χ0) is 26.0. The highest BCUT2D eigenvalue weighted by Gasteiger charge is 2.44. The molecule has 1 aromatic carbocycles. The lowest BCUT2D eigenvalue weighted by molar-refractivity contribution is -0.131. The molecule has 3 rings (SSSR count). The number of benzene rings is 1. The number of amides is 2. The molecule has 2 amide bonds. The largest absolute Gasteiger partial charge is 0.328 e. The molecule has 188 valence electrons. The minimum absolute atomic E-state index is 0.000939. The number of sulfonamides is 1. The lowest BCUT2D eigenvalue weighted by atomic mass is 10.1. The molecule has 0 radical (unpaired) electrons. The van der Waals surface area contributed by atoms with Crippen LogP contribution in [0.4, 0.5) is 4.79 Å². The van der Waals surface area contributed by atoms with Crippen LogP contribution in [0.25, 0.3) is 0 Å². The number of nitrogens with zero attached hydrogens (tertiary/aromatic N) is 2. The van der Waals surface area contributed by atoms with Crippen LogP contribution in [0.15, 0.2) is 36.5 Å². The molecule has 11 nitrogen and oxygen atoms in total. The van der Waals surface area contributed by atoms with Crippen LogP contribution in [-0.2, 0) is 37.7 Å². The van der Waals surface area contributed by atoms with E-state index in [1.165, 1.54) is 21.9 Å². The molecule has 2 heterocycles. The van der Waals surface area contributed by atoms with Gasteiger partial charge in [-0.3, -0.25) is 14.6 Å². The minimum Gasteiger partial charge on any atom is -0.318 e. The van der Waals surface area contributed by atoms with Crippen molar-refractivity contribution >= 4 is 31.8 Å². The van der Waals surface area contributed by atoms with Gasteiger partial charge < -0.3 is 4.90 Å². The highest BCUT2D eigenvalue weighted by molar-refractivity contribution is 7.92. The first kappa shape index (κ1) is 26.4. The van der Waals surface area contributed by atoms with Crippen molar-refractivity contribution in [2.75, 3.05) is 19.1 Å². The molecule has 0 bridgehead atoms. The lowest BCUT2D eigenvalue weighted by Crippen LogP contribution is -2.50. The first-order chi connectivity index (χ1) is 16.2. The number of sulfone groups is 1. The van der Waals surface area contributed by atoms with Gasteiger partial charge in [-0.05, 0) is 37.1 Å². The van der Waals surface area contributed by atoms with Gasteiger partial charge in [0.2, 0.25) is 10.0 Å². The van der Waals surface area contributed by atoms with E-state index in [4.69, 9.17) is 5.21 Å². The van der Waals surface area contributed by atoms with E-state index in [9.17, 15) is 26.4 Å². The predicted octanol–water partition coefficient (Wildman–Crippen LogP) is 0.420. The van der Waals surface area contributed by atoms with E-state index in [2.05, 4.69) is 16.6 Å². The van der Waals surface area contributed by atoms with Gasteiger partial charge in [0.05, 0.1) is 12.8 Å². The standard InChI is InChI=1S/C22H26N4O7S2/c1-22(20(27)24-29,34(2,30)31)10-11-25-15-19-12-18(14-26(19)21(25)28)9-6-16-4-7-17(8-5-16)13-23-35(3,32)33/h4-5,7-8,12,14,23,29H,10-11,13,15H2,1-3H3,(H,24,27)/t22-/m1/s1. The van der Waals surface area contributed by atoms with Crippen LogP contribution >= 0.6 is 0 Å². The van der Waals surface area contributed by atoms with Gasteiger partial charge in [0.25, 0.3) is 5.91 Å². The molecule has 1 aromatic heterocycles. The van der Waals surface area contributed by atoms with Crippen LogP contribution in [0, 0.1) is 11.8 Å². The number of hydrogen-bond acceptors (Lipinski definition) is 7. The second-order valence-corrected chi connectivity index (χ2v) is 12.8. The molecule has 0 spiro atoms. The molecule has 0 saturated carbocycles. The van der Waals surface area contributed by atoms with E-state index in [1.54, 1.807) is 36.5 Å². The topological polar surface area (TPSA) is 155 Å². The number of hydrogen-bond donors (Lipinski definition) is 3. The molecule has 2 aromatic rings. The lowest BCUT2D eigenvalue weighted by Gasteiger charge is -2.27. The van der Waals surface area contributed by atoms with E-state index in [0.717, 1.165) is 23.6 Å². The third kappa shape index (κ3) is 6.09. The summed E-state index contributed by atoms with van der Waals surface area (Å²) in [6.07, 6.45) is 3.40. The molecular weight excluding hydrogens is 496 g/mol. The van der Waals surface area contributed by atoms with E-state index >= 15 is 0 Å². The fourth-order valence-corrected chi connectivity index (χ4v) is 4.74. The molecule has 1 aliphatic heterocycles.